The van der Waals surface area contributed by atoms with Gasteiger partial charge in [-0.15, -0.1) is 0 Å². The maximum absolute atomic E-state index is 12.3. The number of aromatic nitrogens is 1. The first-order valence-corrected chi connectivity index (χ1v) is 7.12. The fraction of sp³-hybridized carbons (Fsp3) is 0.0625. The van der Waals surface area contributed by atoms with Gasteiger partial charge < -0.3 is 10.3 Å². The molecule has 0 radical (unpaired) electrons. The van der Waals surface area contributed by atoms with Gasteiger partial charge in [-0.25, -0.2) is 0 Å². The van der Waals surface area contributed by atoms with Crippen LogP contribution < -0.4 is 5.32 Å². The van der Waals surface area contributed by atoms with Crippen molar-refractivity contribution in [2.45, 2.75) is 6.54 Å². The van der Waals surface area contributed by atoms with E-state index in [4.69, 9.17) is 0 Å². The average Bonchev–Trinajstić information content (AvgIpc) is 2.93. The average molecular weight is 329 g/mol. The molecule has 1 aromatic heterocycles. The van der Waals surface area contributed by atoms with Gasteiger partial charge in [-0.2, -0.15) is 0 Å². The van der Waals surface area contributed by atoms with E-state index in [2.05, 4.69) is 26.2 Å². The number of hydrogen-bond acceptors (Lipinski definition) is 1. The summed E-state index contributed by atoms with van der Waals surface area (Å²) in [5.74, 6) is -0.0600. The van der Waals surface area contributed by atoms with Crippen molar-refractivity contribution < 1.29 is 4.79 Å². The highest BCUT2D eigenvalue weighted by Gasteiger charge is 2.09. The summed E-state index contributed by atoms with van der Waals surface area (Å²) in [7, 11) is 0. The molecule has 0 aliphatic rings. The van der Waals surface area contributed by atoms with Gasteiger partial charge in [0.25, 0.3) is 5.91 Å². The van der Waals surface area contributed by atoms with Gasteiger partial charge in [0.2, 0.25) is 0 Å². The predicted molar refractivity (Wildman–Crippen MR) is 83.6 cm³/mol. The normalized spacial score (nSPS) is 10.7. The van der Waals surface area contributed by atoms with E-state index in [1.165, 1.54) is 0 Å². The molecular formula is C16H13BrN2O. The molecule has 4 heteroatoms. The van der Waals surface area contributed by atoms with Crippen LogP contribution in [0.1, 0.15) is 15.9 Å². The fourth-order valence-electron chi connectivity index (χ4n) is 2.21. The molecular weight excluding hydrogens is 316 g/mol. The molecule has 20 heavy (non-hydrogen) atoms. The molecule has 2 aromatic carbocycles. The second-order valence-electron chi connectivity index (χ2n) is 4.56. The summed E-state index contributed by atoms with van der Waals surface area (Å²) in [6.45, 7) is 0.513. The number of carbonyl (C=O) groups is 1. The van der Waals surface area contributed by atoms with E-state index in [1.54, 1.807) is 0 Å². The zero-order chi connectivity index (χ0) is 13.9. The molecule has 0 spiro atoms. The molecule has 0 unspecified atom stereocenters. The molecule has 0 saturated carbocycles. The fourth-order valence-corrected chi connectivity index (χ4v) is 2.65. The van der Waals surface area contributed by atoms with Gasteiger partial charge in [-0.05, 0) is 35.9 Å². The molecule has 1 amide bonds. The molecule has 2 N–H and O–H groups in total. The van der Waals surface area contributed by atoms with Gasteiger partial charge in [0, 0.05) is 33.7 Å². The van der Waals surface area contributed by atoms with Crippen LogP contribution in [0.3, 0.4) is 0 Å². The highest BCUT2D eigenvalue weighted by atomic mass is 79.9. The van der Waals surface area contributed by atoms with Crippen LogP contribution in [0.4, 0.5) is 0 Å². The lowest BCUT2D eigenvalue weighted by atomic mass is 10.1. The van der Waals surface area contributed by atoms with Gasteiger partial charge >= 0.3 is 0 Å². The van der Waals surface area contributed by atoms with Gasteiger partial charge in [-0.1, -0.05) is 34.1 Å². The zero-order valence-electron chi connectivity index (χ0n) is 10.7. The Kier molecular flexibility index (Phi) is 3.56. The Morgan fingerprint density at radius 1 is 1.15 bits per heavy atom. The van der Waals surface area contributed by atoms with E-state index in [0.717, 1.165) is 20.9 Å². The minimum atomic E-state index is -0.0600. The predicted octanol–water partition coefficient (Wildman–Crippen LogP) is 3.86. The summed E-state index contributed by atoms with van der Waals surface area (Å²) in [5, 5.41) is 3.89. The first kappa shape index (κ1) is 12.9. The minimum absolute atomic E-state index is 0.0600. The summed E-state index contributed by atoms with van der Waals surface area (Å²) >= 11 is 3.42. The maximum atomic E-state index is 12.3. The molecule has 100 valence electrons. The second kappa shape index (κ2) is 5.51. The smallest absolute Gasteiger partial charge is 0.252 e. The van der Waals surface area contributed by atoms with Crippen LogP contribution in [-0.4, -0.2) is 10.9 Å². The van der Waals surface area contributed by atoms with E-state index in [9.17, 15) is 4.79 Å². The third-order valence-corrected chi connectivity index (χ3v) is 3.67. The lowest BCUT2D eigenvalue weighted by Gasteiger charge is -2.07. The Hall–Kier alpha value is -2.07. The summed E-state index contributed by atoms with van der Waals surface area (Å²) in [4.78, 5) is 15.4. The molecule has 0 atom stereocenters. The Labute approximate surface area is 125 Å². The third-order valence-electron chi connectivity index (χ3n) is 3.18. The quantitative estimate of drug-likeness (QED) is 0.753. The first-order chi connectivity index (χ1) is 9.74. The molecule has 0 saturated heterocycles. The van der Waals surface area contributed by atoms with Crippen molar-refractivity contribution in [3.63, 3.8) is 0 Å². The highest BCUT2D eigenvalue weighted by Crippen LogP contribution is 2.17. The number of carbonyl (C=O) groups excluding carboxylic acids is 1. The number of H-pyrrole nitrogens is 1. The Balaban J connectivity index is 1.78. The molecule has 3 aromatic rings. The van der Waals surface area contributed by atoms with Crippen molar-refractivity contribution in [3.8, 4) is 0 Å². The van der Waals surface area contributed by atoms with Crippen molar-refractivity contribution in [2.24, 2.45) is 0 Å². The molecule has 1 heterocycles. The number of halogens is 1. The molecule has 3 rings (SSSR count). The van der Waals surface area contributed by atoms with Crippen LogP contribution in [0.15, 0.2) is 59.2 Å². The van der Waals surface area contributed by atoms with Crippen LogP contribution >= 0.6 is 15.9 Å². The summed E-state index contributed by atoms with van der Waals surface area (Å²) in [6.07, 6.45) is 1.84. The van der Waals surface area contributed by atoms with Crippen molar-refractivity contribution >= 4 is 32.7 Å². The van der Waals surface area contributed by atoms with E-state index < -0.39 is 0 Å². The van der Waals surface area contributed by atoms with Crippen molar-refractivity contribution in [2.75, 3.05) is 0 Å². The number of hydrogen-bond donors (Lipinski definition) is 2. The lowest BCUT2D eigenvalue weighted by molar-refractivity contribution is 0.0952. The van der Waals surface area contributed by atoms with E-state index in [0.29, 0.717) is 12.1 Å². The van der Waals surface area contributed by atoms with Gasteiger partial charge in [0.1, 0.15) is 0 Å². The zero-order valence-corrected chi connectivity index (χ0v) is 12.3. The maximum Gasteiger partial charge on any atom is 0.252 e. The van der Waals surface area contributed by atoms with Crippen LogP contribution in [0, 0.1) is 0 Å². The molecule has 0 aliphatic carbocycles. The highest BCUT2D eigenvalue weighted by molar-refractivity contribution is 9.10. The summed E-state index contributed by atoms with van der Waals surface area (Å²) in [5.41, 5.74) is 2.73. The number of benzene rings is 2. The first-order valence-electron chi connectivity index (χ1n) is 6.33. The van der Waals surface area contributed by atoms with E-state index in [-0.39, 0.29) is 5.91 Å². The van der Waals surface area contributed by atoms with Crippen molar-refractivity contribution in [1.82, 2.24) is 10.3 Å². The number of rotatable bonds is 3. The lowest BCUT2D eigenvalue weighted by Crippen LogP contribution is -2.22. The Morgan fingerprint density at radius 3 is 2.85 bits per heavy atom. The standard InChI is InChI=1S/C16H13BrN2O/c17-12-4-1-3-11(9-12)10-19-16(20)14-5-2-6-15-13(14)7-8-18-15/h1-9,18H,10H2,(H,19,20). The van der Waals surface area contributed by atoms with Crippen LogP contribution in [0.2, 0.25) is 0 Å². The van der Waals surface area contributed by atoms with E-state index >= 15 is 0 Å². The number of nitrogens with one attached hydrogen (secondary N) is 2. The van der Waals surface area contributed by atoms with Crippen LogP contribution in [0.25, 0.3) is 10.9 Å². The summed E-state index contributed by atoms with van der Waals surface area (Å²) in [6, 6.07) is 15.5. The number of aromatic amines is 1. The minimum Gasteiger partial charge on any atom is -0.361 e. The molecule has 0 aliphatic heterocycles. The summed E-state index contributed by atoms with van der Waals surface area (Å²) < 4.78 is 1.01. The molecule has 0 fully saturated rings. The Bertz CT molecular complexity index is 764. The van der Waals surface area contributed by atoms with Gasteiger partial charge in [-0.3, -0.25) is 4.79 Å². The Morgan fingerprint density at radius 2 is 2.00 bits per heavy atom. The molecule has 0 bridgehead atoms. The van der Waals surface area contributed by atoms with Crippen molar-refractivity contribution in [3.05, 3.63) is 70.3 Å². The van der Waals surface area contributed by atoms with Crippen LogP contribution in [-0.2, 0) is 6.54 Å². The second-order valence-corrected chi connectivity index (χ2v) is 5.47. The SMILES string of the molecule is O=C(NCc1cccc(Br)c1)c1cccc2[nH]ccc12. The van der Waals surface area contributed by atoms with Gasteiger partial charge in [0.15, 0.2) is 0 Å². The topological polar surface area (TPSA) is 44.9 Å². The monoisotopic (exact) mass is 328 g/mol. The largest absolute Gasteiger partial charge is 0.361 e. The number of amides is 1. The van der Waals surface area contributed by atoms with Crippen molar-refractivity contribution in [1.29, 1.82) is 0 Å². The van der Waals surface area contributed by atoms with E-state index in [1.807, 2.05) is 54.7 Å². The third kappa shape index (κ3) is 2.60. The van der Waals surface area contributed by atoms with Gasteiger partial charge in [0.05, 0.1) is 0 Å². The number of fused-ring (bicyclic) bond motifs is 1. The molecule has 3 nitrogen and oxygen atoms in total. The van der Waals surface area contributed by atoms with Crippen LogP contribution in [0.5, 0.6) is 0 Å².